The summed E-state index contributed by atoms with van der Waals surface area (Å²) in [6, 6.07) is 10.5. The van der Waals surface area contributed by atoms with Gasteiger partial charge in [-0.15, -0.1) is 0 Å². The normalized spacial score (nSPS) is 11.4. The molecule has 0 aliphatic heterocycles. The van der Waals surface area contributed by atoms with E-state index in [9.17, 15) is 0 Å². The average Bonchev–Trinajstić information content (AvgIpc) is 2.39. The molecule has 0 amide bonds. The van der Waals surface area contributed by atoms with Gasteiger partial charge < -0.3 is 4.74 Å². The summed E-state index contributed by atoms with van der Waals surface area (Å²) >= 11 is 0. The van der Waals surface area contributed by atoms with Crippen molar-refractivity contribution in [3.8, 4) is 0 Å². The molecule has 0 atom stereocenters. The highest BCUT2D eigenvalue weighted by atomic mass is 16.5. The van der Waals surface area contributed by atoms with E-state index < -0.39 is 0 Å². The standard InChI is InChI=1S/C18H26O/c1-16(2)8-7-9-17(3)12-14-19-15-13-18-10-5-4-6-11-18/h4-6,8,10-12H,7,9,13-15H2,1-3H3/b17-12+. The van der Waals surface area contributed by atoms with Crippen molar-refractivity contribution in [1.82, 2.24) is 0 Å². The van der Waals surface area contributed by atoms with Crippen molar-refractivity contribution in [2.75, 3.05) is 13.2 Å². The highest BCUT2D eigenvalue weighted by molar-refractivity contribution is 5.14. The lowest BCUT2D eigenvalue weighted by atomic mass is 10.1. The zero-order valence-electron chi connectivity index (χ0n) is 12.5. The minimum Gasteiger partial charge on any atom is -0.377 e. The van der Waals surface area contributed by atoms with Crippen molar-refractivity contribution >= 4 is 0 Å². The van der Waals surface area contributed by atoms with Crippen LogP contribution in [0, 0.1) is 0 Å². The minimum absolute atomic E-state index is 0.730. The van der Waals surface area contributed by atoms with Gasteiger partial charge in [-0.2, -0.15) is 0 Å². The Bertz CT molecular complexity index is 397. The second-order valence-corrected chi connectivity index (χ2v) is 5.18. The van der Waals surface area contributed by atoms with Gasteiger partial charge in [0.15, 0.2) is 0 Å². The maximum absolute atomic E-state index is 5.64. The van der Waals surface area contributed by atoms with Crippen LogP contribution in [0.4, 0.5) is 0 Å². The maximum atomic E-state index is 5.64. The van der Waals surface area contributed by atoms with Gasteiger partial charge in [-0.25, -0.2) is 0 Å². The van der Waals surface area contributed by atoms with Crippen molar-refractivity contribution in [1.29, 1.82) is 0 Å². The molecule has 0 bridgehead atoms. The van der Waals surface area contributed by atoms with Crippen LogP contribution in [0.2, 0.25) is 0 Å². The Morgan fingerprint density at radius 2 is 1.79 bits per heavy atom. The van der Waals surface area contributed by atoms with Crippen molar-refractivity contribution in [3.05, 3.63) is 59.2 Å². The topological polar surface area (TPSA) is 9.23 Å². The van der Waals surface area contributed by atoms with Gasteiger partial charge in [-0.3, -0.25) is 0 Å². The molecule has 104 valence electrons. The number of hydrogen-bond donors (Lipinski definition) is 0. The third kappa shape index (κ3) is 8.39. The molecule has 0 aromatic heterocycles. The van der Waals surface area contributed by atoms with E-state index in [4.69, 9.17) is 4.74 Å². The van der Waals surface area contributed by atoms with Crippen LogP contribution in [-0.4, -0.2) is 13.2 Å². The highest BCUT2D eigenvalue weighted by Crippen LogP contribution is 2.06. The third-order valence-corrected chi connectivity index (χ3v) is 3.02. The van der Waals surface area contributed by atoms with Crippen molar-refractivity contribution in [2.45, 2.75) is 40.0 Å². The van der Waals surface area contributed by atoms with E-state index in [1.165, 1.54) is 16.7 Å². The van der Waals surface area contributed by atoms with Crippen LogP contribution in [0.5, 0.6) is 0 Å². The molecule has 0 N–H and O–H groups in total. The molecule has 0 saturated heterocycles. The molecule has 0 radical (unpaired) electrons. The summed E-state index contributed by atoms with van der Waals surface area (Å²) in [4.78, 5) is 0. The number of hydrogen-bond acceptors (Lipinski definition) is 1. The monoisotopic (exact) mass is 258 g/mol. The quantitative estimate of drug-likeness (QED) is 0.474. The number of allylic oxidation sites excluding steroid dienone is 3. The Kier molecular flexibility index (Phi) is 7.92. The fourth-order valence-electron chi connectivity index (χ4n) is 1.81. The van der Waals surface area contributed by atoms with Crippen LogP contribution >= 0.6 is 0 Å². The molecule has 0 aliphatic carbocycles. The lowest BCUT2D eigenvalue weighted by molar-refractivity contribution is 0.165. The van der Waals surface area contributed by atoms with Crippen molar-refractivity contribution < 1.29 is 4.74 Å². The van der Waals surface area contributed by atoms with E-state index in [2.05, 4.69) is 57.2 Å². The van der Waals surface area contributed by atoms with Crippen LogP contribution < -0.4 is 0 Å². The summed E-state index contributed by atoms with van der Waals surface area (Å²) in [6.45, 7) is 7.99. The molecule has 0 saturated carbocycles. The first-order valence-electron chi connectivity index (χ1n) is 7.09. The number of ether oxygens (including phenoxy) is 1. The minimum atomic E-state index is 0.730. The second kappa shape index (κ2) is 9.57. The number of rotatable bonds is 8. The van der Waals surface area contributed by atoms with Crippen LogP contribution in [-0.2, 0) is 11.2 Å². The van der Waals surface area contributed by atoms with Gasteiger partial charge in [0.1, 0.15) is 0 Å². The van der Waals surface area contributed by atoms with Crippen LogP contribution in [0.1, 0.15) is 39.2 Å². The van der Waals surface area contributed by atoms with E-state index in [0.29, 0.717) is 0 Å². The number of benzene rings is 1. The molecule has 0 spiro atoms. The Morgan fingerprint density at radius 1 is 1.05 bits per heavy atom. The van der Waals surface area contributed by atoms with Gasteiger partial charge in [-0.05, 0) is 45.6 Å². The molecular formula is C18H26O. The molecule has 1 nitrogen and oxygen atoms in total. The zero-order valence-corrected chi connectivity index (χ0v) is 12.5. The first kappa shape index (κ1) is 15.7. The van der Waals surface area contributed by atoms with Crippen LogP contribution in [0.25, 0.3) is 0 Å². The Labute approximate surface area is 118 Å². The van der Waals surface area contributed by atoms with Gasteiger partial charge in [-0.1, -0.05) is 53.6 Å². The second-order valence-electron chi connectivity index (χ2n) is 5.18. The largest absolute Gasteiger partial charge is 0.377 e. The van der Waals surface area contributed by atoms with Gasteiger partial charge >= 0.3 is 0 Å². The lowest BCUT2D eigenvalue weighted by Gasteiger charge is -2.03. The van der Waals surface area contributed by atoms with Crippen molar-refractivity contribution in [3.63, 3.8) is 0 Å². The lowest BCUT2D eigenvalue weighted by Crippen LogP contribution is -1.98. The van der Waals surface area contributed by atoms with Crippen LogP contribution in [0.15, 0.2) is 53.6 Å². The molecule has 0 aliphatic rings. The van der Waals surface area contributed by atoms with E-state index in [1.54, 1.807) is 0 Å². The molecule has 0 fully saturated rings. The summed E-state index contributed by atoms with van der Waals surface area (Å²) in [6.07, 6.45) is 7.74. The fourth-order valence-corrected chi connectivity index (χ4v) is 1.81. The average molecular weight is 258 g/mol. The van der Waals surface area contributed by atoms with Crippen molar-refractivity contribution in [2.24, 2.45) is 0 Å². The van der Waals surface area contributed by atoms with E-state index in [1.807, 2.05) is 6.07 Å². The predicted molar refractivity (Wildman–Crippen MR) is 83.4 cm³/mol. The van der Waals surface area contributed by atoms with E-state index >= 15 is 0 Å². The summed E-state index contributed by atoms with van der Waals surface area (Å²) in [5.74, 6) is 0. The van der Waals surface area contributed by atoms with E-state index in [0.717, 1.165) is 32.5 Å². The molecule has 0 heterocycles. The highest BCUT2D eigenvalue weighted by Gasteiger charge is 1.92. The Balaban J connectivity index is 2.11. The summed E-state index contributed by atoms with van der Waals surface area (Å²) in [5.41, 5.74) is 4.15. The Hall–Kier alpha value is -1.34. The molecule has 0 unspecified atom stereocenters. The summed E-state index contributed by atoms with van der Waals surface area (Å²) in [5, 5.41) is 0. The van der Waals surface area contributed by atoms with Gasteiger partial charge in [0.05, 0.1) is 13.2 Å². The van der Waals surface area contributed by atoms with E-state index in [-0.39, 0.29) is 0 Å². The zero-order chi connectivity index (χ0) is 13.9. The first-order valence-corrected chi connectivity index (χ1v) is 7.09. The molecule has 1 aromatic carbocycles. The SMILES string of the molecule is CC(C)=CCC/C(C)=C/COCCc1ccccc1. The maximum Gasteiger partial charge on any atom is 0.0650 e. The Morgan fingerprint density at radius 3 is 2.47 bits per heavy atom. The molecular weight excluding hydrogens is 232 g/mol. The first-order chi connectivity index (χ1) is 9.18. The molecule has 19 heavy (non-hydrogen) atoms. The van der Waals surface area contributed by atoms with Gasteiger partial charge in [0.25, 0.3) is 0 Å². The third-order valence-electron chi connectivity index (χ3n) is 3.02. The summed E-state index contributed by atoms with van der Waals surface area (Å²) < 4.78 is 5.64. The van der Waals surface area contributed by atoms with Gasteiger partial charge in [0, 0.05) is 0 Å². The molecule has 1 aromatic rings. The van der Waals surface area contributed by atoms with Gasteiger partial charge in [0.2, 0.25) is 0 Å². The molecule has 1 heteroatoms. The van der Waals surface area contributed by atoms with Crippen LogP contribution in [0.3, 0.4) is 0 Å². The predicted octanol–water partition coefficient (Wildman–Crippen LogP) is 4.94. The molecule has 1 rings (SSSR count). The fraction of sp³-hybridized carbons (Fsp3) is 0.444. The smallest absolute Gasteiger partial charge is 0.0650 e. The summed E-state index contributed by atoms with van der Waals surface area (Å²) in [7, 11) is 0.